The third-order valence-corrected chi connectivity index (χ3v) is 10.0. The van der Waals surface area contributed by atoms with Crippen molar-refractivity contribution < 1.29 is 0 Å². The Kier molecular flexibility index (Phi) is 12.7. The van der Waals surface area contributed by atoms with Crippen LogP contribution in [0.25, 0.3) is 0 Å². The molecule has 2 fully saturated rings. The van der Waals surface area contributed by atoms with E-state index >= 15 is 0 Å². The molecule has 0 aromatic carbocycles. The molecular formula is C35H69N9. The second-order valence-electron chi connectivity index (χ2n) is 16.3. The molecule has 2 aliphatic heterocycles. The molecule has 44 heavy (non-hydrogen) atoms. The topological polar surface area (TPSA) is 84.5 Å². The Morgan fingerprint density at radius 1 is 0.705 bits per heavy atom. The molecule has 0 unspecified atom stereocenters. The maximum Gasteiger partial charge on any atom is 0.232 e. The summed E-state index contributed by atoms with van der Waals surface area (Å²) in [5, 5.41) is 10.9. The molecule has 9 nitrogen and oxygen atoms in total. The number of likely N-dealkylation sites (tertiary alicyclic amines) is 1. The largest absolute Gasteiger partial charge is 0.341 e. The number of nitrogens with one attached hydrogen (secondary N) is 3. The maximum atomic E-state index is 5.39. The molecule has 2 aliphatic rings. The lowest BCUT2D eigenvalue weighted by Crippen LogP contribution is -2.63. The van der Waals surface area contributed by atoms with Gasteiger partial charge in [0.1, 0.15) is 0 Å². The van der Waals surface area contributed by atoms with E-state index in [0.29, 0.717) is 24.7 Å². The van der Waals surface area contributed by atoms with Crippen LogP contribution in [0, 0.1) is 0 Å². The number of nitrogens with zero attached hydrogens (tertiary/aromatic N) is 6. The molecule has 0 bridgehead atoms. The van der Waals surface area contributed by atoms with E-state index in [1.807, 2.05) is 0 Å². The SMILES string of the molecule is CCCCNCNc1nc(N(CCCC)C2CC(C)(C)NC(C)(C)C2)nc(N(CCCC)C2CC(C)(C)N(C)C(C)(C)C2)n1. The molecular weight excluding hydrogens is 546 g/mol. The summed E-state index contributed by atoms with van der Waals surface area (Å²) in [7, 11) is 2.29. The predicted molar refractivity (Wildman–Crippen MR) is 189 cm³/mol. The van der Waals surface area contributed by atoms with Crippen LogP contribution >= 0.6 is 0 Å². The Balaban J connectivity index is 2.09. The predicted octanol–water partition coefficient (Wildman–Crippen LogP) is 6.80. The Morgan fingerprint density at radius 3 is 1.61 bits per heavy atom. The van der Waals surface area contributed by atoms with Crippen LogP contribution in [0.15, 0.2) is 0 Å². The van der Waals surface area contributed by atoms with Crippen LogP contribution in [0.1, 0.15) is 140 Å². The molecule has 0 spiro atoms. The Hall–Kier alpha value is -1.71. The average Bonchev–Trinajstić information content (AvgIpc) is 2.90. The van der Waals surface area contributed by atoms with Gasteiger partial charge in [0.2, 0.25) is 17.8 Å². The van der Waals surface area contributed by atoms with Gasteiger partial charge in [-0.2, -0.15) is 15.0 Å². The number of anilines is 3. The van der Waals surface area contributed by atoms with E-state index in [4.69, 9.17) is 15.0 Å². The summed E-state index contributed by atoms with van der Waals surface area (Å²) < 4.78 is 0. The lowest BCUT2D eigenvalue weighted by molar-refractivity contribution is -0.0129. The van der Waals surface area contributed by atoms with Gasteiger partial charge >= 0.3 is 0 Å². The molecule has 2 saturated heterocycles. The molecule has 254 valence electrons. The molecule has 3 heterocycles. The normalized spacial score (nSPS) is 21.7. The summed E-state index contributed by atoms with van der Waals surface area (Å²) in [6.07, 6.45) is 11.1. The molecule has 0 radical (unpaired) electrons. The number of hydrogen-bond donors (Lipinski definition) is 3. The van der Waals surface area contributed by atoms with Crippen LogP contribution in [0.2, 0.25) is 0 Å². The highest BCUT2D eigenvalue weighted by molar-refractivity contribution is 5.47. The van der Waals surface area contributed by atoms with Gasteiger partial charge in [0.15, 0.2) is 0 Å². The minimum Gasteiger partial charge on any atom is -0.341 e. The number of rotatable bonds is 16. The van der Waals surface area contributed by atoms with Crippen LogP contribution in [0.5, 0.6) is 0 Å². The lowest BCUT2D eigenvalue weighted by atomic mass is 9.77. The van der Waals surface area contributed by atoms with E-state index in [1.54, 1.807) is 0 Å². The van der Waals surface area contributed by atoms with E-state index in [0.717, 1.165) is 89.3 Å². The molecule has 0 aliphatic carbocycles. The van der Waals surface area contributed by atoms with E-state index < -0.39 is 0 Å². The first-order chi connectivity index (χ1) is 20.5. The van der Waals surface area contributed by atoms with Crippen molar-refractivity contribution in [1.29, 1.82) is 0 Å². The van der Waals surface area contributed by atoms with Crippen molar-refractivity contribution in [2.75, 3.05) is 48.5 Å². The zero-order valence-electron chi connectivity index (χ0n) is 30.7. The van der Waals surface area contributed by atoms with Gasteiger partial charge in [-0.1, -0.05) is 40.0 Å². The molecule has 0 atom stereocenters. The smallest absolute Gasteiger partial charge is 0.232 e. The Bertz CT molecular complexity index is 987. The van der Waals surface area contributed by atoms with Gasteiger partial charge in [-0.15, -0.1) is 0 Å². The van der Waals surface area contributed by atoms with E-state index in [9.17, 15) is 0 Å². The van der Waals surface area contributed by atoms with E-state index in [-0.39, 0.29) is 22.2 Å². The molecule has 1 aromatic heterocycles. The summed E-state index contributed by atoms with van der Waals surface area (Å²) in [5.41, 5.74) is 0.234. The number of unbranched alkanes of at least 4 members (excludes halogenated alkanes) is 3. The minimum atomic E-state index is 0.0372. The highest BCUT2D eigenvalue weighted by Gasteiger charge is 2.46. The molecule has 0 saturated carbocycles. The van der Waals surface area contributed by atoms with Crippen LogP contribution in [0.4, 0.5) is 17.8 Å². The van der Waals surface area contributed by atoms with Crippen molar-refractivity contribution in [2.45, 2.75) is 175 Å². The molecule has 0 amide bonds. The minimum absolute atomic E-state index is 0.0372. The van der Waals surface area contributed by atoms with E-state index in [1.165, 1.54) is 6.42 Å². The first-order valence-electron chi connectivity index (χ1n) is 17.8. The third kappa shape index (κ3) is 9.89. The first kappa shape index (κ1) is 36.8. The fourth-order valence-corrected chi connectivity index (χ4v) is 7.80. The first-order valence-corrected chi connectivity index (χ1v) is 17.8. The van der Waals surface area contributed by atoms with Gasteiger partial charge in [-0.25, -0.2) is 0 Å². The van der Waals surface area contributed by atoms with Gasteiger partial charge in [0.05, 0.1) is 6.67 Å². The molecule has 9 heteroatoms. The van der Waals surface area contributed by atoms with Crippen LogP contribution in [-0.2, 0) is 0 Å². The Labute approximate surface area is 271 Å². The monoisotopic (exact) mass is 616 g/mol. The zero-order valence-corrected chi connectivity index (χ0v) is 30.7. The second kappa shape index (κ2) is 15.3. The average molecular weight is 616 g/mol. The quantitative estimate of drug-likeness (QED) is 0.137. The van der Waals surface area contributed by atoms with Crippen LogP contribution < -0.4 is 25.8 Å². The van der Waals surface area contributed by atoms with Crippen molar-refractivity contribution in [1.82, 2.24) is 30.5 Å². The highest BCUT2D eigenvalue weighted by Crippen LogP contribution is 2.40. The van der Waals surface area contributed by atoms with Gasteiger partial charge < -0.3 is 20.4 Å². The standard InChI is InChI=1S/C35H69N9/c1-13-16-19-36-26-37-29-38-30(43(20-17-14-2)27-22-32(4,5)41-33(6,7)23-27)40-31(39-29)44(21-18-15-3)28-24-34(8,9)42(12)35(10,11)25-28/h27-28,36,41H,13-26H2,1-12H3,(H,37,38,39,40). The van der Waals surface area contributed by atoms with Crippen LogP contribution in [0.3, 0.4) is 0 Å². The number of piperidine rings is 2. The van der Waals surface area contributed by atoms with Gasteiger partial charge in [0.25, 0.3) is 0 Å². The van der Waals surface area contributed by atoms with Gasteiger partial charge in [-0.3, -0.25) is 10.2 Å². The van der Waals surface area contributed by atoms with Crippen molar-refractivity contribution in [3.63, 3.8) is 0 Å². The molecule has 1 aromatic rings. The van der Waals surface area contributed by atoms with E-state index in [2.05, 4.69) is 114 Å². The summed E-state index contributed by atoms with van der Waals surface area (Å²) >= 11 is 0. The van der Waals surface area contributed by atoms with Gasteiger partial charge in [0, 0.05) is 47.3 Å². The maximum absolute atomic E-state index is 5.39. The van der Waals surface area contributed by atoms with Gasteiger partial charge in [-0.05, 0) is 114 Å². The highest BCUT2D eigenvalue weighted by atomic mass is 15.4. The fourth-order valence-electron chi connectivity index (χ4n) is 7.80. The molecule has 3 N–H and O–H groups in total. The number of hydrogen-bond acceptors (Lipinski definition) is 9. The lowest BCUT2D eigenvalue weighted by Gasteiger charge is -2.55. The zero-order chi connectivity index (χ0) is 32.8. The second-order valence-corrected chi connectivity index (χ2v) is 16.3. The number of aromatic nitrogens is 3. The fraction of sp³-hybridized carbons (Fsp3) is 0.914. The molecule has 3 rings (SSSR count). The van der Waals surface area contributed by atoms with Crippen molar-refractivity contribution in [3.8, 4) is 0 Å². The van der Waals surface area contributed by atoms with Crippen molar-refractivity contribution in [2.24, 2.45) is 0 Å². The van der Waals surface area contributed by atoms with Crippen molar-refractivity contribution >= 4 is 17.8 Å². The summed E-state index contributed by atoms with van der Waals surface area (Å²) in [6, 6.07) is 0.707. The third-order valence-electron chi connectivity index (χ3n) is 10.0. The summed E-state index contributed by atoms with van der Waals surface area (Å²) in [6.45, 7) is 29.2. The van der Waals surface area contributed by atoms with Crippen molar-refractivity contribution in [3.05, 3.63) is 0 Å². The Morgan fingerprint density at radius 2 is 1.16 bits per heavy atom. The summed E-state index contributed by atoms with van der Waals surface area (Å²) in [5.74, 6) is 2.33. The summed E-state index contributed by atoms with van der Waals surface area (Å²) in [4.78, 5) is 23.3. The van der Waals surface area contributed by atoms with Crippen LogP contribution in [-0.4, -0.2) is 87.4 Å².